The molecule has 2 N–H and O–H groups in total. The molecule has 1 amide bonds. The predicted molar refractivity (Wildman–Crippen MR) is 71.0 cm³/mol. The number of nitrogens with one attached hydrogen (secondary N) is 1. The number of aliphatic carboxylic acids is 1. The van der Waals surface area contributed by atoms with Crippen LogP contribution in [0.15, 0.2) is 17.5 Å². The van der Waals surface area contributed by atoms with Gasteiger partial charge < -0.3 is 10.4 Å². The summed E-state index contributed by atoms with van der Waals surface area (Å²) in [7, 11) is 0. The molecule has 0 aliphatic carbocycles. The summed E-state index contributed by atoms with van der Waals surface area (Å²) < 4.78 is 0. The molecule has 0 aromatic carbocycles. The zero-order chi connectivity index (χ0) is 14.5. The highest BCUT2D eigenvalue weighted by atomic mass is 32.1. The largest absolute Gasteiger partial charge is 0.480 e. The van der Waals surface area contributed by atoms with Gasteiger partial charge in [0.1, 0.15) is 12.6 Å². The van der Waals surface area contributed by atoms with E-state index in [0.717, 1.165) is 9.67 Å². The second-order valence-corrected chi connectivity index (χ2v) is 4.94. The van der Waals surface area contributed by atoms with Crippen LogP contribution >= 0.6 is 11.3 Å². The van der Waals surface area contributed by atoms with Gasteiger partial charge in [0.05, 0.1) is 4.88 Å². The highest BCUT2D eigenvalue weighted by Gasteiger charge is 2.18. The number of amides is 1. The zero-order valence-corrected chi connectivity index (χ0v) is 11.5. The Morgan fingerprint density at radius 2 is 2.35 bits per heavy atom. The number of carbonyl (C=O) groups is 2. The normalized spacial score (nSPS) is 12.1. The molecular weight excluding hydrogens is 282 g/mol. The van der Waals surface area contributed by atoms with Gasteiger partial charge in [-0.1, -0.05) is 13.0 Å². The Balaban J connectivity index is 1.97. The summed E-state index contributed by atoms with van der Waals surface area (Å²) in [6.45, 7) is 1.52. The highest BCUT2D eigenvalue weighted by Crippen LogP contribution is 2.19. The first kappa shape index (κ1) is 14.1. The third-order valence-electron chi connectivity index (χ3n) is 2.52. The van der Waals surface area contributed by atoms with Gasteiger partial charge in [-0.2, -0.15) is 4.80 Å². The van der Waals surface area contributed by atoms with Crippen LogP contribution in [0.1, 0.15) is 13.3 Å². The van der Waals surface area contributed by atoms with Crippen LogP contribution in [0.4, 0.5) is 0 Å². The van der Waals surface area contributed by atoms with Crippen LogP contribution in [-0.4, -0.2) is 43.2 Å². The third-order valence-corrected chi connectivity index (χ3v) is 3.39. The molecule has 0 spiro atoms. The van der Waals surface area contributed by atoms with Crippen molar-refractivity contribution in [3.8, 4) is 10.7 Å². The lowest BCUT2D eigenvalue weighted by atomic mass is 10.2. The standard InChI is InChI=1S/C11H13N5O3S/c1-2-7(11(18)19)12-9(17)6-16-14-10(13-15-16)8-4-3-5-20-8/h3-5,7H,2,6H2,1H3,(H,12,17)(H,18,19)/t7-/m0/s1. The molecule has 0 radical (unpaired) electrons. The van der Waals surface area contributed by atoms with Gasteiger partial charge in [-0.05, 0) is 23.1 Å². The molecule has 20 heavy (non-hydrogen) atoms. The molecule has 0 saturated heterocycles. The fourth-order valence-electron chi connectivity index (χ4n) is 1.52. The molecule has 0 fully saturated rings. The van der Waals surface area contributed by atoms with Gasteiger partial charge in [-0.15, -0.1) is 21.5 Å². The molecule has 9 heteroatoms. The van der Waals surface area contributed by atoms with Gasteiger partial charge in [-0.3, -0.25) is 4.79 Å². The monoisotopic (exact) mass is 295 g/mol. The number of tetrazole rings is 1. The summed E-state index contributed by atoms with van der Waals surface area (Å²) in [5, 5.41) is 24.8. The molecule has 0 unspecified atom stereocenters. The van der Waals surface area contributed by atoms with E-state index in [-0.39, 0.29) is 6.54 Å². The average Bonchev–Trinajstić information content (AvgIpc) is 3.05. The van der Waals surface area contributed by atoms with Crippen molar-refractivity contribution in [1.29, 1.82) is 0 Å². The summed E-state index contributed by atoms with van der Waals surface area (Å²) in [5.41, 5.74) is 0. The summed E-state index contributed by atoms with van der Waals surface area (Å²) >= 11 is 1.47. The Labute approximate surface area is 118 Å². The number of nitrogens with zero attached hydrogens (tertiary/aromatic N) is 4. The average molecular weight is 295 g/mol. The third kappa shape index (κ3) is 3.38. The summed E-state index contributed by atoms with van der Waals surface area (Å²) in [5.74, 6) is -1.08. The number of rotatable bonds is 6. The van der Waals surface area contributed by atoms with E-state index < -0.39 is 17.9 Å². The molecule has 0 bridgehead atoms. The molecule has 0 saturated carbocycles. The molecule has 1 atom stereocenters. The number of hydrogen-bond donors (Lipinski definition) is 2. The van der Waals surface area contributed by atoms with Crippen molar-refractivity contribution in [2.24, 2.45) is 0 Å². The lowest BCUT2D eigenvalue weighted by Gasteiger charge is -2.11. The second-order valence-electron chi connectivity index (χ2n) is 3.99. The first-order chi connectivity index (χ1) is 9.60. The number of carboxylic acid groups (broad SMARTS) is 1. The van der Waals surface area contributed by atoms with E-state index in [9.17, 15) is 9.59 Å². The van der Waals surface area contributed by atoms with Gasteiger partial charge in [-0.25, -0.2) is 4.79 Å². The number of carboxylic acids is 1. The van der Waals surface area contributed by atoms with Crippen molar-refractivity contribution >= 4 is 23.2 Å². The zero-order valence-electron chi connectivity index (χ0n) is 10.7. The van der Waals surface area contributed by atoms with Crippen LogP contribution in [0, 0.1) is 0 Å². The summed E-state index contributed by atoms with van der Waals surface area (Å²) in [4.78, 5) is 24.5. The Hall–Kier alpha value is -2.29. The molecule has 2 aromatic heterocycles. The number of carbonyl (C=O) groups excluding carboxylic acids is 1. The minimum atomic E-state index is -1.06. The predicted octanol–water partition coefficient (Wildman–Crippen LogP) is 0.381. The maximum Gasteiger partial charge on any atom is 0.326 e. The lowest BCUT2D eigenvalue weighted by Crippen LogP contribution is -2.42. The maximum atomic E-state index is 11.7. The Morgan fingerprint density at radius 1 is 1.55 bits per heavy atom. The smallest absolute Gasteiger partial charge is 0.326 e. The molecular formula is C11H13N5O3S. The van der Waals surface area contributed by atoms with Crippen molar-refractivity contribution in [2.45, 2.75) is 25.9 Å². The fraction of sp³-hybridized carbons (Fsp3) is 0.364. The van der Waals surface area contributed by atoms with Crippen LogP contribution in [0.2, 0.25) is 0 Å². The molecule has 2 heterocycles. The molecule has 2 rings (SSSR count). The van der Waals surface area contributed by atoms with Crippen LogP contribution < -0.4 is 5.32 Å². The van der Waals surface area contributed by atoms with Gasteiger partial charge in [0.2, 0.25) is 11.7 Å². The Bertz CT molecular complexity index is 595. The summed E-state index contributed by atoms with van der Waals surface area (Å²) in [6, 6.07) is 2.82. The van der Waals surface area contributed by atoms with Crippen LogP contribution in [0.3, 0.4) is 0 Å². The highest BCUT2D eigenvalue weighted by molar-refractivity contribution is 7.13. The van der Waals surface area contributed by atoms with Gasteiger partial charge >= 0.3 is 5.97 Å². The van der Waals surface area contributed by atoms with Gasteiger partial charge in [0.15, 0.2) is 0 Å². The molecule has 106 valence electrons. The van der Waals surface area contributed by atoms with E-state index in [1.165, 1.54) is 11.3 Å². The van der Waals surface area contributed by atoms with Crippen molar-refractivity contribution in [3.63, 3.8) is 0 Å². The van der Waals surface area contributed by atoms with Crippen molar-refractivity contribution in [1.82, 2.24) is 25.5 Å². The number of aromatic nitrogens is 4. The topological polar surface area (TPSA) is 110 Å². The van der Waals surface area contributed by atoms with Gasteiger partial charge in [0, 0.05) is 0 Å². The molecule has 0 aliphatic rings. The van der Waals surface area contributed by atoms with Crippen molar-refractivity contribution in [3.05, 3.63) is 17.5 Å². The molecule has 8 nitrogen and oxygen atoms in total. The quantitative estimate of drug-likeness (QED) is 0.797. The van der Waals surface area contributed by atoms with Crippen molar-refractivity contribution in [2.75, 3.05) is 0 Å². The van der Waals surface area contributed by atoms with E-state index >= 15 is 0 Å². The first-order valence-electron chi connectivity index (χ1n) is 5.94. The maximum absolute atomic E-state index is 11.7. The van der Waals surface area contributed by atoms with E-state index in [1.807, 2.05) is 17.5 Å². The minimum absolute atomic E-state index is 0.165. The Kier molecular flexibility index (Phi) is 4.41. The van der Waals surface area contributed by atoms with Crippen LogP contribution in [0.25, 0.3) is 10.7 Å². The SMILES string of the molecule is CC[C@H](NC(=O)Cn1nnc(-c2cccs2)n1)C(=O)O. The first-order valence-corrected chi connectivity index (χ1v) is 6.82. The van der Waals surface area contributed by atoms with E-state index in [0.29, 0.717) is 12.2 Å². The Morgan fingerprint density at radius 3 is 2.95 bits per heavy atom. The number of hydrogen-bond acceptors (Lipinski definition) is 6. The van der Waals surface area contributed by atoms with E-state index in [4.69, 9.17) is 5.11 Å². The van der Waals surface area contributed by atoms with E-state index in [1.54, 1.807) is 6.92 Å². The molecule has 0 aliphatic heterocycles. The van der Waals surface area contributed by atoms with Gasteiger partial charge in [0.25, 0.3) is 0 Å². The second kappa shape index (κ2) is 6.24. The minimum Gasteiger partial charge on any atom is -0.480 e. The van der Waals surface area contributed by atoms with Crippen LogP contribution in [-0.2, 0) is 16.1 Å². The van der Waals surface area contributed by atoms with E-state index in [2.05, 4.69) is 20.7 Å². The van der Waals surface area contributed by atoms with Crippen molar-refractivity contribution < 1.29 is 14.7 Å². The van der Waals surface area contributed by atoms with Crippen LogP contribution in [0.5, 0.6) is 0 Å². The summed E-state index contributed by atoms with van der Waals surface area (Å²) in [6.07, 6.45) is 0.312. The molecule has 2 aromatic rings. The fourth-order valence-corrected chi connectivity index (χ4v) is 2.17. The lowest BCUT2D eigenvalue weighted by molar-refractivity contribution is -0.142. The number of thiophene rings is 1.